The van der Waals surface area contributed by atoms with E-state index in [4.69, 9.17) is 4.74 Å². The Morgan fingerprint density at radius 1 is 0.868 bits per heavy atom. The second-order valence-electron chi connectivity index (χ2n) is 15.3. The van der Waals surface area contributed by atoms with Crippen LogP contribution in [0.25, 0.3) is 0 Å². The number of nitrogens with one attached hydrogen (secondary N) is 2. The highest BCUT2D eigenvalue weighted by Crippen LogP contribution is 2.48. The number of anilines is 1. The van der Waals surface area contributed by atoms with Crippen LogP contribution in [0.4, 0.5) is 16.2 Å². The Morgan fingerprint density at radius 3 is 2.08 bits per heavy atom. The molecule has 0 bridgehead atoms. The summed E-state index contributed by atoms with van der Waals surface area (Å²) >= 11 is 0. The van der Waals surface area contributed by atoms with E-state index in [9.17, 15) is 35.5 Å². The minimum absolute atomic E-state index is 0.114. The maximum Gasteiger partial charge on any atom is 0.407 e. The fraction of sp³-hybridized carbons (Fsp3) is 0.500. The number of allylic oxidation sites excluding steroid dienone is 4. The molecule has 15 heteroatoms. The largest absolute Gasteiger partial charge is 0.444 e. The average molecular weight is 774 g/mol. The third-order valence-corrected chi connectivity index (χ3v) is 11.2. The number of nitrogens with zero attached hydrogens (tertiary/aromatic N) is 2. The van der Waals surface area contributed by atoms with E-state index in [0.717, 1.165) is 46.8 Å². The molecule has 2 aromatic rings. The Balaban J connectivity index is 1.52. The molecule has 53 heavy (non-hydrogen) atoms. The third kappa shape index (κ3) is 9.74. The fourth-order valence-electron chi connectivity index (χ4n) is 6.94. The Labute approximate surface area is 313 Å². The van der Waals surface area contributed by atoms with Crippen molar-refractivity contribution in [1.29, 1.82) is 0 Å². The number of alkyl carbamates (subject to hydrolysis) is 1. The molecule has 2 aliphatic rings. The first-order valence-electron chi connectivity index (χ1n) is 17.8. The van der Waals surface area contributed by atoms with Crippen LogP contribution in [0.5, 0.6) is 0 Å². The van der Waals surface area contributed by atoms with Gasteiger partial charge in [-0.25, -0.2) is 4.79 Å². The van der Waals surface area contributed by atoms with Gasteiger partial charge in [-0.2, -0.15) is 21.4 Å². The molecule has 0 spiro atoms. The van der Waals surface area contributed by atoms with Crippen LogP contribution in [0.3, 0.4) is 0 Å². The van der Waals surface area contributed by atoms with Gasteiger partial charge in [-0.15, -0.1) is 0 Å². The molecule has 0 atom stereocenters. The van der Waals surface area contributed by atoms with E-state index in [1.165, 1.54) is 24.3 Å². The molecule has 0 aliphatic carbocycles. The van der Waals surface area contributed by atoms with Crippen LogP contribution in [0.2, 0.25) is 0 Å². The van der Waals surface area contributed by atoms with Crippen molar-refractivity contribution in [1.82, 2.24) is 10.6 Å². The summed E-state index contributed by atoms with van der Waals surface area (Å²) in [4.78, 5) is 26.0. The average Bonchev–Trinajstić information content (AvgIpc) is 3.39. The molecule has 2 aromatic carbocycles. The van der Waals surface area contributed by atoms with E-state index in [-0.39, 0.29) is 28.8 Å². The number of ether oxygens (including phenoxy) is 1. The third-order valence-electron chi connectivity index (χ3n) is 9.55. The molecule has 0 saturated heterocycles. The minimum atomic E-state index is -4.43. The topological polar surface area (TPSA) is 182 Å². The highest BCUT2D eigenvalue weighted by molar-refractivity contribution is 7.86. The van der Waals surface area contributed by atoms with Crippen molar-refractivity contribution in [3.63, 3.8) is 0 Å². The van der Waals surface area contributed by atoms with Gasteiger partial charge in [0.05, 0.1) is 15.2 Å². The number of carbonyl (C=O) groups excluding carboxylic acids is 2. The number of hydrogen-bond acceptors (Lipinski definition) is 8. The van der Waals surface area contributed by atoms with Gasteiger partial charge in [0.25, 0.3) is 20.2 Å². The zero-order valence-electron chi connectivity index (χ0n) is 31.8. The zero-order chi connectivity index (χ0) is 39.6. The lowest BCUT2D eigenvalue weighted by molar-refractivity contribution is -0.438. The molecule has 0 unspecified atom stereocenters. The lowest BCUT2D eigenvalue weighted by Gasteiger charge is -2.25. The first kappa shape index (κ1) is 41.7. The van der Waals surface area contributed by atoms with Crippen molar-refractivity contribution in [2.75, 3.05) is 31.1 Å². The quantitative estimate of drug-likeness (QED) is 0.101. The molecule has 2 aliphatic heterocycles. The monoisotopic (exact) mass is 773 g/mol. The number of unbranched alkanes of at least 4 members (excludes halogenated alkanes) is 2. The van der Waals surface area contributed by atoms with E-state index >= 15 is 0 Å². The molecule has 13 nitrogen and oxygen atoms in total. The maximum absolute atomic E-state index is 12.4. The number of fused-ring (bicyclic) bond motifs is 2. The van der Waals surface area contributed by atoms with Crippen LogP contribution < -0.4 is 15.5 Å². The number of amides is 2. The van der Waals surface area contributed by atoms with Gasteiger partial charge >= 0.3 is 6.09 Å². The van der Waals surface area contributed by atoms with Gasteiger partial charge in [-0.1, -0.05) is 19.9 Å². The van der Waals surface area contributed by atoms with Crippen LogP contribution in [-0.2, 0) is 40.6 Å². The Morgan fingerprint density at radius 2 is 1.47 bits per heavy atom. The highest BCUT2D eigenvalue weighted by atomic mass is 32.2. The Hall–Kier alpha value is -4.05. The first-order valence-corrected chi connectivity index (χ1v) is 20.7. The molecule has 4 N–H and O–H groups in total. The SMILES string of the molecule is CCN1C(=CC=CC2=[N+](CCCCCC(=O)NCCNC(=O)OC(C)(C)C)c3ccc(S(=O)(=O)O)cc3C2(C)C)C(C)(C)c2cc(S(=O)(=O)O)ccc21. The van der Waals surface area contributed by atoms with Crippen molar-refractivity contribution < 1.29 is 44.8 Å². The Bertz CT molecular complexity index is 2060. The fourth-order valence-corrected chi connectivity index (χ4v) is 7.96. The summed E-state index contributed by atoms with van der Waals surface area (Å²) in [6.07, 6.45) is 7.86. The van der Waals surface area contributed by atoms with Gasteiger partial charge in [-0.05, 0) is 96.4 Å². The van der Waals surface area contributed by atoms with Crippen LogP contribution >= 0.6 is 0 Å². The van der Waals surface area contributed by atoms with Crippen LogP contribution in [0.15, 0.2) is 70.1 Å². The molecule has 0 saturated carbocycles. The predicted molar refractivity (Wildman–Crippen MR) is 204 cm³/mol. The molecular weight excluding hydrogens is 721 g/mol. The predicted octanol–water partition coefficient (Wildman–Crippen LogP) is 6.02. The summed E-state index contributed by atoms with van der Waals surface area (Å²) in [5.41, 5.74) is 3.24. The number of hydrogen-bond donors (Lipinski definition) is 4. The van der Waals surface area contributed by atoms with Crippen molar-refractivity contribution >= 4 is 49.3 Å². The number of likely N-dealkylation sites (N-methyl/N-ethyl adjacent to an activating group) is 1. The maximum atomic E-state index is 12.4. The van der Waals surface area contributed by atoms with Gasteiger partial charge < -0.3 is 20.3 Å². The summed E-state index contributed by atoms with van der Waals surface area (Å²) in [6.45, 7) is 17.1. The summed E-state index contributed by atoms with van der Waals surface area (Å²) < 4.78 is 74.9. The minimum Gasteiger partial charge on any atom is -0.444 e. The lowest BCUT2D eigenvalue weighted by Crippen LogP contribution is -2.37. The smallest absolute Gasteiger partial charge is 0.407 e. The number of rotatable bonds is 14. The van der Waals surface area contributed by atoms with Crippen LogP contribution in [-0.4, -0.2) is 80.0 Å². The molecule has 0 radical (unpaired) electrons. The van der Waals surface area contributed by atoms with E-state index < -0.39 is 42.8 Å². The van der Waals surface area contributed by atoms with Gasteiger partial charge in [0.1, 0.15) is 12.1 Å². The normalized spacial score (nSPS) is 17.3. The summed E-state index contributed by atoms with van der Waals surface area (Å²) in [5.74, 6) is -0.114. The zero-order valence-corrected chi connectivity index (χ0v) is 33.4. The Kier molecular flexibility index (Phi) is 12.4. The second kappa shape index (κ2) is 15.7. The molecular formula is C38H53N4O9S2+. The van der Waals surface area contributed by atoms with Gasteiger partial charge in [-0.3, -0.25) is 13.9 Å². The molecule has 290 valence electrons. The van der Waals surface area contributed by atoms with E-state index in [2.05, 4.69) is 20.1 Å². The molecule has 0 fully saturated rings. The number of carbonyl (C=O) groups is 2. The number of benzene rings is 2. The molecule has 2 amide bonds. The van der Waals surface area contributed by atoms with Gasteiger partial charge in [0, 0.05) is 67.0 Å². The standard InChI is InChI=1S/C38H52N4O9S2/c1-9-41-30-19-17-26(52(45,46)47)24-28(30)37(5,6)32(41)14-13-15-33-38(7,8)29-25-27(53(48,49)50)18-20-31(29)42(33)23-12-10-11-16-34(43)39-21-22-40-35(44)51-36(2,3)4/h13-15,17-20,24-25H,9-12,16,21-23H2,1-8H3,(H3-,39,40,43,44,45,46,47,48,49,50)/p+1. The van der Waals surface area contributed by atoms with E-state index in [1.807, 2.05) is 52.8 Å². The summed E-state index contributed by atoms with van der Waals surface area (Å²) in [7, 11) is -8.81. The van der Waals surface area contributed by atoms with Crippen LogP contribution in [0, 0.1) is 0 Å². The lowest BCUT2D eigenvalue weighted by atomic mass is 9.81. The molecule has 4 rings (SSSR count). The van der Waals surface area contributed by atoms with Crippen molar-refractivity contribution in [3.8, 4) is 0 Å². The molecule has 0 aromatic heterocycles. The van der Waals surface area contributed by atoms with E-state index in [1.54, 1.807) is 32.9 Å². The summed E-state index contributed by atoms with van der Waals surface area (Å²) in [5, 5.41) is 5.42. The van der Waals surface area contributed by atoms with Gasteiger partial charge in [0.2, 0.25) is 11.6 Å². The molecule has 2 heterocycles. The second-order valence-corrected chi connectivity index (χ2v) is 18.2. The highest BCUT2D eigenvalue weighted by Gasteiger charge is 2.45. The van der Waals surface area contributed by atoms with Crippen LogP contribution in [0.1, 0.15) is 92.2 Å². The summed E-state index contributed by atoms with van der Waals surface area (Å²) in [6, 6.07) is 9.25. The first-order chi connectivity index (χ1) is 24.5. The van der Waals surface area contributed by atoms with Crippen molar-refractivity contribution in [2.24, 2.45) is 0 Å². The van der Waals surface area contributed by atoms with Gasteiger partial charge in [0.15, 0.2) is 5.71 Å². The van der Waals surface area contributed by atoms with Crippen molar-refractivity contribution in [2.45, 2.75) is 107 Å². The van der Waals surface area contributed by atoms with Crippen molar-refractivity contribution in [3.05, 3.63) is 71.5 Å². The van der Waals surface area contributed by atoms with E-state index in [0.29, 0.717) is 25.9 Å².